The number of aromatic nitrogens is 2. The Hall–Kier alpha value is -3.69. The zero-order valence-corrected chi connectivity index (χ0v) is 20.1. The van der Waals surface area contributed by atoms with Crippen molar-refractivity contribution in [2.75, 3.05) is 13.2 Å². The van der Waals surface area contributed by atoms with Crippen molar-refractivity contribution in [1.82, 2.24) is 9.13 Å². The number of carbonyl (C=O) groups excluding carboxylic acids is 2. The maximum atomic E-state index is 13.7. The molecule has 0 spiro atoms. The van der Waals surface area contributed by atoms with Crippen molar-refractivity contribution in [3.8, 4) is 11.8 Å². The van der Waals surface area contributed by atoms with Crippen LogP contribution in [-0.2, 0) is 25.2 Å². The molecule has 2 heterocycles. The number of nitrogens with zero attached hydrogens (tertiary/aromatic N) is 2. The lowest BCUT2D eigenvalue weighted by Crippen LogP contribution is -2.47. The van der Waals surface area contributed by atoms with Crippen LogP contribution in [0, 0.1) is 11.8 Å². The Labute approximate surface area is 209 Å². The fourth-order valence-corrected chi connectivity index (χ4v) is 3.67. The van der Waals surface area contributed by atoms with Gasteiger partial charge in [-0.1, -0.05) is 31.0 Å². The van der Waals surface area contributed by atoms with Gasteiger partial charge in [-0.05, 0) is 18.6 Å². The number of hydrogen-bond donors (Lipinski definition) is 0. The van der Waals surface area contributed by atoms with Crippen LogP contribution in [0.2, 0.25) is 0 Å². The minimum absolute atomic E-state index is 0.0218. The number of halogens is 3. The molecule has 0 radical (unpaired) electrons. The first kappa shape index (κ1) is 27.9. The highest BCUT2D eigenvalue weighted by Gasteiger charge is 2.42. The second-order valence-electron chi connectivity index (χ2n) is 8.16. The average molecular weight is 522 g/mol. The lowest BCUT2D eigenvalue weighted by molar-refractivity contribution is -0.148. The Morgan fingerprint density at radius 3 is 2.49 bits per heavy atom. The van der Waals surface area contributed by atoms with Gasteiger partial charge >= 0.3 is 17.8 Å². The molecule has 198 valence electrons. The zero-order valence-electron chi connectivity index (χ0n) is 20.1. The minimum Gasteiger partial charge on any atom is -0.463 e. The third-order valence-electron chi connectivity index (χ3n) is 5.45. The molecule has 0 unspecified atom stereocenters. The number of carbonyl (C=O) groups is 2. The molecular weight excluding hydrogens is 497 g/mol. The number of esters is 1. The minimum atomic E-state index is -5.16. The van der Waals surface area contributed by atoms with Gasteiger partial charge in [-0.3, -0.25) is 19.0 Å². The normalized spacial score (nSPS) is 19.2. The van der Waals surface area contributed by atoms with Crippen molar-refractivity contribution in [1.29, 1.82) is 0 Å². The lowest BCUT2D eigenvalue weighted by atomic mass is 10.2. The summed E-state index contributed by atoms with van der Waals surface area (Å²) < 4.78 is 58.1. The maximum absolute atomic E-state index is 13.7. The van der Waals surface area contributed by atoms with Crippen LogP contribution in [0.25, 0.3) is 0 Å². The Bertz CT molecular complexity index is 1310. The second-order valence-corrected chi connectivity index (χ2v) is 8.16. The average Bonchev–Trinajstić information content (AvgIpc) is 3.25. The largest absolute Gasteiger partial charge is 0.463 e. The van der Waals surface area contributed by atoms with Crippen LogP contribution >= 0.6 is 0 Å². The summed E-state index contributed by atoms with van der Waals surface area (Å²) >= 11 is 0. The fourth-order valence-electron chi connectivity index (χ4n) is 3.67. The summed E-state index contributed by atoms with van der Waals surface area (Å²) in [5.74, 6) is 3.85. The molecule has 12 heteroatoms. The summed E-state index contributed by atoms with van der Waals surface area (Å²) in [4.78, 5) is 50.0. The second kappa shape index (κ2) is 12.0. The smallest absolute Gasteiger partial charge is 0.423 e. The van der Waals surface area contributed by atoms with Crippen LogP contribution < -0.4 is 11.2 Å². The van der Waals surface area contributed by atoms with Crippen LogP contribution in [0.4, 0.5) is 13.2 Å². The van der Waals surface area contributed by atoms with Gasteiger partial charge in [0.25, 0.3) is 11.5 Å². The van der Waals surface area contributed by atoms with Crippen molar-refractivity contribution in [3.05, 3.63) is 68.5 Å². The van der Waals surface area contributed by atoms with E-state index in [0.29, 0.717) is 17.2 Å². The predicted molar refractivity (Wildman–Crippen MR) is 124 cm³/mol. The molecule has 0 aliphatic carbocycles. The molecule has 1 aliphatic rings. The first-order chi connectivity index (χ1) is 17.5. The first-order valence-electron chi connectivity index (χ1n) is 11.5. The van der Waals surface area contributed by atoms with Gasteiger partial charge in [-0.2, -0.15) is 17.7 Å². The number of benzene rings is 1. The molecule has 1 aliphatic heterocycles. The molecule has 0 amide bonds. The molecule has 2 aromatic rings. The Morgan fingerprint density at radius 1 is 1.16 bits per heavy atom. The lowest BCUT2D eigenvalue weighted by Gasteiger charge is -2.19. The van der Waals surface area contributed by atoms with Crippen molar-refractivity contribution in [2.45, 2.75) is 57.7 Å². The molecule has 0 saturated carbocycles. The molecule has 1 fully saturated rings. The highest BCUT2D eigenvalue weighted by atomic mass is 19.4. The summed E-state index contributed by atoms with van der Waals surface area (Å²) in [6.45, 7) is 2.81. The first-order valence-corrected chi connectivity index (χ1v) is 11.5. The topological polar surface area (TPSA) is 106 Å². The van der Waals surface area contributed by atoms with E-state index in [0.717, 1.165) is 6.42 Å². The molecule has 0 N–H and O–H groups in total. The van der Waals surface area contributed by atoms with E-state index in [2.05, 4.69) is 11.8 Å². The van der Waals surface area contributed by atoms with E-state index in [1.165, 1.54) is 31.2 Å². The molecule has 37 heavy (non-hydrogen) atoms. The Balaban J connectivity index is 2.03. The Morgan fingerprint density at radius 2 is 1.86 bits per heavy atom. The summed E-state index contributed by atoms with van der Waals surface area (Å²) in [6.07, 6.45) is -6.55. The fraction of sp³-hybridized carbons (Fsp3) is 0.440. The highest BCUT2D eigenvalue weighted by molar-refractivity contribution is 5.95. The van der Waals surface area contributed by atoms with Gasteiger partial charge in [0.1, 0.15) is 31.1 Å². The standard InChI is InChI=1S/C25H25F3N2O7/c1-3-4-5-9-12-35-19-13-21(37-20(19)15-36-16(2)31)29-14-18(25(26,27)28)23(33)30(24(29)34)22(32)17-10-7-6-8-11-17/h6-8,10-11,14,19-21H,3-4,12-13,15H2,1-2H3/t19-,20+,21+/m0/s1. The van der Waals surface area contributed by atoms with Crippen LogP contribution in [0.1, 0.15) is 55.3 Å². The van der Waals surface area contributed by atoms with Gasteiger partial charge in [-0.15, -0.1) is 5.92 Å². The SMILES string of the molecule is CCCC#CCO[C@H]1C[C@H](n2cc(C(F)(F)F)c(=O)n(C(=O)c3ccccc3)c2=O)O[C@@H]1COC(C)=O. The molecule has 3 atom stereocenters. The van der Waals surface area contributed by atoms with Crippen molar-refractivity contribution in [2.24, 2.45) is 0 Å². The Kier molecular flexibility index (Phi) is 9.07. The molecule has 1 aromatic carbocycles. The zero-order chi connectivity index (χ0) is 27.2. The third kappa shape index (κ3) is 6.75. The summed E-state index contributed by atoms with van der Waals surface area (Å²) in [7, 11) is 0. The van der Waals surface area contributed by atoms with Gasteiger partial charge in [0.2, 0.25) is 0 Å². The van der Waals surface area contributed by atoms with E-state index < -0.39 is 53.3 Å². The quantitative estimate of drug-likeness (QED) is 0.407. The molecule has 1 aromatic heterocycles. The van der Waals surface area contributed by atoms with Gasteiger partial charge in [0.15, 0.2) is 0 Å². The van der Waals surface area contributed by atoms with E-state index in [1.54, 1.807) is 6.07 Å². The van der Waals surface area contributed by atoms with Gasteiger partial charge in [-0.25, -0.2) is 4.79 Å². The van der Waals surface area contributed by atoms with Crippen LogP contribution in [0.15, 0.2) is 46.1 Å². The van der Waals surface area contributed by atoms with Crippen molar-refractivity contribution >= 4 is 11.9 Å². The van der Waals surface area contributed by atoms with Crippen LogP contribution in [0.5, 0.6) is 0 Å². The number of hydrogen-bond acceptors (Lipinski definition) is 7. The van der Waals surface area contributed by atoms with Crippen LogP contribution in [-0.4, -0.2) is 46.4 Å². The van der Waals surface area contributed by atoms with Crippen LogP contribution in [0.3, 0.4) is 0 Å². The summed E-state index contributed by atoms with van der Waals surface area (Å²) in [5.41, 5.74) is -4.98. The van der Waals surface area contributed by atoms with E-state index in [-0.39, 0.29) is 29.8 Å². The van der Waals surface area contributed by atoms with E-state index >= 15 is 0 Å². The van der Waals surface area contributed by atoms with Gasteiger partial charge in [0.05, 0.1) is 6.10 Å². The molecule has 3 rings (SSSR count). The summed E-state index contributed by atoms with van der Waals surface area (Å²) in [5, 5.41) is 0. The number of ether oxygens (including phenoxy) is 3. The van der Waals surface area contributed by atoms with E-state index in [1.807, 2.05) is 6.92 Å². The van der Waals surface area contributed by atoms with E-state index in [4.69, 9.17) is 14.2 Å². The third-order valence-corrected chi connectivity index (χ3v) is 5.45. The molecular formula is C25H25F3N2O7. The number of rotatable bonds is 7. The predicted octanol–water partition coefficient (Wildman–Crippen LogP) is 2.76. The van der Waals surface area contributed by atoms with Crippen molar-refractivity contribution < 1.29 is 37.0 Å². The van der Waals surface area contributed by atoms with Gasteiger partial charge in [0, 0.05) is 31.5 Å². The summed E-state index contributed by atoms with van der Waals surface area (Å²) in [6, 6.07) is 6.98. The number of alkyl halides is 3. The maximum Gasteiger partial charge on any atom is 0.423 e. The highest BCUT2D eigenvalue weighted by Crippen LogP contribution is 2.32. The number of unbranched alkanes of at least 4 members (excludes halogenated alkanes) is 1. The van der Waals surface area contributed by atoms with Gasteiger partial charge < -0.3 is 14.2 Å². The van der Waals surface area contributed by atoms with Crippen molar-refractivity contribution in [3.63, 3.8) is 0 Å². The van der Waals surface area contributed by atoms with E-state index in [9.17, 15) is 32.3 Å². The molecule has 1 saturated heterocycles. The molecule has 9 nitrogen and oxygen atoms in total. The molecule has 0 bridgehead atoms. The monoisotopic (exact) mass is 522 g/mol.